The van der Waals surface area contributed by atoms with Crippen LogP contribution in [-0.2, 0) is 17.6 Å². The van der Waals surface area contributed by atoms with Gasteiger partial charge in [0.05, 0.1) is 11.1 Å². The molecule has 2 aromatic rings. The van der Waals surface area contributed by atoms with Gasteiger partial charge in [0.1, 0.15) is 5.75 Å². The maximum absolute atomic E-state index is 12.1. The fourth-order valence-corrected chi connectivity index (χ4v) is 3.43. The molecule has 0 saturated heterocycles. The summed E-state index contributed by atoms with van der Waals surface area (Å²) < 4.78 is 5.46. The molecular formula is C19H19Cl2NO2. The van der Waals surface area contributed by atoms with Gasteiger partial charge in [0.2, 0.25) is 0 Å². The van der Waals surface area contributed by atoms with Crippen LogP contribution in [0.25, 0.3) is 0 Å². The van der Waals surface area contributed by atoms with Gasteiger partial charge in [-0.1, -0.05) is 41.4 Å². The Morgan fingerprint density at radius 1 is 1.17 bits per heavy atom. The summed E-state index contributed by atoms with van der Waals surface area (Å²) >= 11 is 11.9. The largest absolute Gasteiger partial charge is 0.482 e. The molecule has 2 aromatic carbocycles. The van der Waals surface area contributed by atoms with Gasteiger partial charge in [0, 0.05) is 5.02 Å². The number of halogens is 2. The van der Waals surface area contributed by atoms with E-state index in [0.29, 0.717) is 15.8 Å². The Morgan fingerprint density at radius 3 is 2.75 bits per heavy atom. The molecule has 0 radical (unpaired) electrons. The van der Waals surface area contributed by atoms with Gasteiger partial charge in [0.25, 0.3) is 5.91 Å². The zero-order valence-electron chi connectivity index (χ0n) is 13.4. The molecule has 0 bridgehead atoms. The molecule has 3 rings (SSSR count). The third kappa shape index (κ3) is 4.03. The first-order chi connectivity index (χ1) is 11.5. The summed E-state index contributed by atoms with van der Waals surface area (Å²) in [5, 5.41) is 3.88. The van der Waals surface area contributed by atoms with Crippen molar-refractivity contribution in [1.29, 1.82) is 0 Å². The molecule has 24 heavy (non-hydrogen) atoms. The normalized spacial score (nSPS) is 14.1. The first kappa shape index (κ1) is 17.1. The number of rotatable bonds is 5. The molecule has 1 N–H and O–H groups in total. The monoisotopic (exact) mass is 363 g/mol. The van der Waals surface area contributed by atoms with E-state index in [2.05, 4.69) is 23.5 Å². The van der Waals surface area contributed by atoms with Crippen LogP contribution >= 0.6 is 23.2 Å². The van der Waals surface area contributed by atoms with Crippen LogP contribution in [-0.4, -0.2) is 12.5 Å². The SMILES string of the molecule is C[C@@H](NC(=O)COc1ccc(Cl)cc1Cl)c1ccc2c(c1)CCC2. The van der Waals surface area contributed by atoms with Crippen molar-refractivity contribution in [1.82, 2.24) is 5.32 Å². The highest BCUT2D eigenvalue weighted by Gasteiger charge is 2.15. The third-order valence-corrected chi connectivity index (χ3v) is 4.78. The van der Waals surface area contributed by atoms with E-state index in [4.69, 9.17) is 27.9 Å². The molecule has 3 nitrogen and oxygen atoms in total. The second-order valence-corrected chi connectivity index (χ2v) is 6.88. The zero-order valence-corrected chi connectivity index (χ0v) is 15.0. The number of aryl methyl sites for hydroxylation is 2. The highest BCUT2D eigenvalue weighted by atomic mass is 35.5. The van der Waals surface area contributed by atoms with Crippen molar-refractivity contribution in [3.8, 4) is 5.75 Å². The molecule has 0 spiro atoms. The lowest BCUT2D eigenvalue weighted by molar-refractivity contribution is -0.123. The first-order valence-corrected chi connectivity index (χ1v) is 8.77. The van der Waals surface area contributed by atoms with Crippen LogP contribution in [0, 0.1) is 0 Å². The molecule has 5 heteroatoms. The second kappa shape index (κ2) is 7.45. The quantitative estimate of drug-likeness (QED) is 0.832. The van der Waals surface area contributed by atoms with Crippen LogP contribution in [0.1, 0.15) is 36.1 Å². The molecule has 1 amide bonds. The van der Waals surface area contributed by atoms with E-state index in [-0.39, 0.29) is 18.6 Å². The van der Waals surface area contributed by atoms with Gasteiger partial charge in [-0.15, -0.1) is 0 Å². The van der Waals surface area contributed by atoms with Crippen LogP contribution in [0.2, 0.25) is 10.0 Å². The van der Waals surface area contributed by atoms with Crippen molar-refractivity contribution in [3.05, 3.63) is 63.1 Å². The van der Waals surface area contributed by atoms with Crippen LogP contribution in [0.15, 0.2) is 36.4 Å². The van der Waals surface area contributed by atoms with Crippen molar-refractivity contribution in [2.24, 2.45) is 0 Å². The van der Waals surface area contributed by atoms with Gasteiger partial charge in [-0.05, 0) is 61.1 Å². The first-order valence-electron chi connectivity index (χ1n) is 8.02. The van der Waals surface area contributed by atoms with Crippen LogP contribution in [0.3, 0.4) is 0 Å². The molecule has 1 atom stereocenters. The van der Waals surface area contributed by atoms with E-state index < -0.39 is 0 Å². The fraction of sp³-hybridized carbons (Fsp3) is 0.316. The van der Waals surface area contributed by atoms with Crippen LogP contribution in [0.5, 0.6) is 5.75 Å². The summed E-state index contributed by atoms with van der Waals surface area (Å²) in [6.45, 7) is 1.89. The summed E-state index contributed by atoms with van der Waals surface area (Å²) in [4.78, 5) is 12.1. The minimum atomic E-state index is -0.186. The van der Waals surface area contributed by atoms with Gasteiger partial charge < -0.3 is 10.1 Å². The van der Waals surface area contributed by atoms with Gasteiger partial charge in [0.15, 0.2) is 6.61 Å². The average molecular weight is 364 g/mol. The smallest absolute Gasteiger partial charge is 0.258 e. The molecular weight excluding hydrogens is 345 g/mol. The van der Waals surface area contributed by atoms with Crippen molar-refractivity contribution < 1.29 is 9.53 Å². The van der Waals surface area contributed by atoms with Gasteiger partial charge in [-0.2, -0.15) is 0 Å². The molecule has 0 aliphatic heterocycles. The van der Waals surface area contributed by atoms with Crippen molar-refractivity contribution >= 4 is 29.1 Å². The lowest BCUT2D eigenvalue weighted by Crippen LogP contribution is -2.31. The number of carbonyl (C=O) groups is 1. The molecule has 0 aromatic heterocycles. The summed E-state index contributed by atoms with van der Waals surface area (Å²) in [6, 6.07) is 11.3. The van der Waals surface area contributed by atoms with Gasteiger partial charge >= 0.3 is 0 Å². The Morgan fingerprint density at radius 2 is 1.96 bits per heavy atom. The van der Waals surface area contributed by atoms with E-state index in [1.165, 1.54) is 17.5 Å². The van der Waals surface area contributed by atoms with Crippen molar-refractivity contribution in [2.75, 3.05) is 6.61 Å². The average Bonchev–Trinajstić information content (AvgIpc) is 3.01. The highest BCUT2D eigenvalue weighted by molar-refractivity contribution is 6.35. The maximum Gasteiger partial charge on any atom is 0.258 e. The highest BCUT2D eigenvalue weighted by Crippen LogP contribution is 2.28. The Balaban J connectivity index is 1.56. The zero-order chi connectivity index (χ0) is 17.1. The predicted molar refractivity (Wildman–Crippen MR) is 97.0 cm³/mol. The van der Waals surface area contributed by atoms with Crippen LogP contribution < -0.4 is 10.1 Å². The number of amides is 1. The maximum atomic E-state index is 12.1. The summed E-state index contributed by atoms with van der Waals surface area (Å²) in [7, 11) is 0. The fourth-order valence-electron chi connectivity index (χ4n) is 2.96. The van der Waals surface area contributed by atoms with Crippen molar-refractivity contribution in [3.63, 3.8) is 0 Å². The second-order valence-electron chi connectivity index (χ2n) is 6.03. The lowest BCUT2D eigenvalue weighted by Gasteiger charge is -2.16. The van der Waals surface area contributed by atoms with E-state index >= 15 is 0 Å². The molecule has 1 aliphatic carbocycles. The number of nitrogens with one attached hydrogen (secondary N) is 1. The molecule has 0 saturated carbocycles. The molecule has 0 heterocycles. The molecule has 126 valence electrons. The predicted octanol–water partition coefficient (Wildman–Crippen LogP) is 4.74. The Hall–Kier alpha value is -1.71. The number of hydrogen-bond donors (Lipinski definition) is 1. The minimum absolute atomic E-state index is 0.0623. The Kier molecular flexibility index (Phi) is 5.32. The van der Waals surface area contributed by atoms with E-state index in [9.17, 15) is 4.79 Å². The summed E-state index contributed by atoms with van der Waals surface area (Å²) in [5.74, 6) is 0.260. The third-order valence-electron chi connectivity index (χ3n) is 4.25. The topological polar surface area (TPSA) is 38.3 Å². The number of fused-ring (bicyclic) bond motifs is 1. The summed E-state index contributed by atoms with van der Waals surface area (Å²) in [5.41, 5.74) is 3.95. The lowest BCUT2D eigenvalue weighted by atomic mass is 10.0. The number of carbonyl (C=O) groups excluding carboxylic acids is 1. The molecule has 0 unspecified atom stereocenters. The van der Waals surface area contributed by atoms with Gasteiger partial charge in [-0.3, -0.25) is 4.79 Å². The van der Waals surface area contributed by atoms with E-state index in [1.54, 1.807) is 18.2 Å². The van der Waals surface area contributed by atoms with E-state index in [1.807, 2.05) is 6.92 Å². The number of hydrogen-bond acceptors (Lipinski definition) is 2. The minimum Gasteiger partial charge on any atom is -0.482 e. The van der Waals surface area contributed by atoms with Crippen LogP contribution in [0.4, 0.5) is 0 Å². The van der Waals surface area contributed by atoms with Crippen molar-refractivity contribution in [2.45, 2.75) is 32.2 Å². The molecule has 0 fully saturated rings. The summed E-state index contributed by atoms with van der Waals surface area (Å²) in [6.07, 6.45) is 3.50. The van der Waals surface area contributed by atoms with E-state index in [0.717, 1.165) is 18.4 Å². The Labute approximate surface area is 151 Å². The molecule has 1 aliphatic rings. The number of ether oxygens (including phenoxy) is 1. The number of benzene rings is 2. The Bertz CT molecular complexity index is 761. The standard InChI is InChI=1S/C19H19Cl2NO2/c1-12(14-6-5-13-3-2-4-15(13)9-14)22-19(23)11-24-18-8-7-16(20)10-17(18)21/h5-10,12H,2-4,11H2,1H3,(H,22,23)/t12-/m1/s1. The van der Waals surface area contributed by atoms with Gasteiger partial charge in [-0.25, -0.2) is 0 Å².